The van der Waals surface area contributed by atoms with E-state index in [4.69, 9.17) is 0 Å². The fraction of sp³-hybridized carbons (Fsp3) is 0.824. The lowest BCUT2D eigenvalue weighted by molar-refractivity contribution is -0.145. The maximum absolute atomic E-state index is 12.5. The van der Waals surface area contributed by atoms with Crippen LogP contribution in [0.5, 0.6) is 0 Å². The topological polar surface area (TPSA) is 95.5 Å². The molecule has 0 aromatic carbocycles. The third kappa shape index (κ3) is 5.84. The second-order valence-electron chi connectivity index (χ2n) is 7.20. The van der Waals surface area contributed by atoms with Gasteiger partial charge in [0.15, 0.2) is 0 Å². The van der Waals surface area contributed by atoms with Gasteiger partial charge in [0, 0.05) is 18.4 Å². The number of amides is 2. The van der Waals surface area contributed by atoms with Gasteiger partial charge >= 0.3 is 5.97 Å². The number of carboxylic acid groups (broad SMARTS) is 1. The molecule has 23 heavy (non-hydrogen) atoms. The van der Waals surface area contributed by atoms with Crippen molar-refractivity contribution in [1.29, 1.82) is 0 Å². The van der Waals surface area contributed by atoms with Crippen molar-refractivity contribution in [3.63, 3.8) is 0 Å². The molecule has 0 bridgehead atoms. The van der Waals surface area contributed by atoms with E-state index in [1.54, 1.807) is 13.8 Å². The van der Waals surface area contributed by atoms with E-state index in [9.17, 15) is 19.5 Å². The normalized spacial score (nSPS) is 22.7. The van der Waals surface area contributed by atoms with Crippen molar-refractivity contribution in [3.8, 4) is 0 Å². The maximum atomic E-state index is 12.5. The lowest BCUT2D eigenvalue weighted by Gasteiger charge is -2.31. The Balaban J connectivity index is 2.74. The molecule has 1 saturated carbocycles. The fourth-order valence-corrected chi connectivity index (χ4v) is 2.97. The molecule has 0 saturated heterocycles. The average Bonchev–Trinajstić information content (AvgIpc) is 2.49. The number of carboxylic acids is 1. The second kappa shape index (κ2) is 8.89. The molecule has 1 fully saturated rings. The molecular formula is C17H30N2O4. The van der Waals surface area contributed by atoms with Gasteiger partial charge in [-0.2, -0.15) is 0 Å². The molecule has 1 aliphatic rings. The Labute approximate surface area is 138 Å². The van der Waals surface area contributed by atoms with E-state index in [1.165, 1.54) is 0 Å². The van der Waals surface area contributed by atoms with E-state index in [0.29, 0.717) is 25.3 Å². The summed E-state index contributed by atoms with van der Waals surface area (Å²) in [5, 5.41) is 14.7. The van der Waals surface area contributed by atoms with Gasteiger partial charge in [0.1, 0.15) is 6.04 Å². The van der Waals surface area contributed by atoms with Gasteiger partial charge in [-0.3, -0.25) is 9.59 Å². The lowest BCUT2D eigenvalue weighted by Crippen LogP contribution is -2.50. The van der Waals surface area contributed by atoms with Gasteiger partial charge in [0.25, 0.3) is 0 Å². The molecule has 3 unspecified atom stereocenters. The van der Waals surface area contributed by atoms with Crippen LogP contribution >= 0.6 is 0 Å². The minimum atomic E-state index is -1.04. The summed E-state index contributed by atoms with van der Waals surface area (Å²) < 4.78 is 0. The first kappa shape index (κ1) is 19.5. The third-order valence-electron chi connectivity index (χ3n) is 4.35. The summed E-state index contributed by atoms with van der Waals surface area (Å²) in [6.07, 6.45) is 3.14. The Morgan fingerprint density at radius 1 is 1.00 bits per heavy atom. The van der Waals surface area contributed by atoms with Crippen LogP contribution in [0.4, 0.5) is 0 Å². The predicted molar refractivity (Wildman–Crippen MR) is 87.7 cm³/mol. The van der Waals surface area contributed by atoms with Gasteiger partial charge in [0.05, 0.1) is 0 Å². The molecule has 6 heteroatoms. The van der Waals surface area contributed by atoms with Crippen molar-refractivity contribution < 1.29 is 19.5 Å². The Hall–Kier alpha value is -1.59. The molecule has 1 rings (SSSR count). The van der Waals surface area contributed by atoms with Gasteiger partial charge in [-0.1, -0.05) is 40.5 Å². The molecule has 3 atom stereocenters. The van der Waals surface area contributed by atoms with Gasteiger partial charge in [-0.05, 0) is 24.7 Å². The largest absolute Gasteiger partial charge is 0.480 e. The first-order valence-corrected chi connectivity index (χ1v) is 8.55. The quantitative estimate of drug-likeness (QED) is 0.664. The minimum absolute atomic E-state index is 0.0880. The second-order valence-corrected chi connectivity index (χ2v) is 7.20. The van der Waals surface area contributed by atoms with Gasteiger partial charge < -0.3 is 15.7 Å². The molecule has 6 nitrogen and oxygen atoms in total. The number of aliphatic carboxylic acids is 1. The zero-order chi connectivity index (χ0) is 17.6. The van der Waals surface area contributed by atoms with E-state index in [-0.39, 0.29) is 23.7 Å². The number of carbonyl (C=O) groups is 3. The number of nitrogens with one attached hydrogen (secondary N) is 2. The lowest BCUT2D eigenvalue weighted by atomic mass is 9.78. The maximum Gasteiger partial charge on any atom is 0.326 e. The zero-order valence-electron chi connectivity index (χ0n) is 14.6. The highest BCUT2D eigenvalue weighted by atomic mass is 16.4. The summed E-state index contributed by atoms with van der Waals surface area (Å²) in [6.45, 7) is 8.14. The van der Waals surface area contributed by atoms with E-state index < -0.39 is 17.9 Å². The highest BCUT2D eigenvalue weighted by Crippen LogP contribution is 2.30. The monoisotopic (exact) mass is 326 g/mol. The Morgan fingerprint density at radius 2 is 1.52 bits per heavy atom. The van der Waals surface area contributed by atoms with Crippen molar-refractivity contribution in [2.45, 2.75) is 59.4 Å². The molecule has 3 N–H and O–H groups in total. The van der Waals surface area contributed by atoms with Crippen LogP contribution in [0.15, 0.2) is 0 Å². The van der Waals surface area contributed by atoms with Crippen LogP contribution in [0.3, 0.4) is 0 Å². The van der Waals surface area contributed by atoms with Gasteiger partial charge in [-0.15, -0.1) is 0 Å². The predicted octanol–water partition coefficient (Wildman–Crippen LogP) is 1.79. The van der Waals surface area contributed by atoms with Crippen molar-refractivity contribution in [2.75, 3.05) is 6.54 Å². The summed E-state index contributed by atoms with van der Waals surface area (Å²) >= 11 is 0. The van der Waals surface area contributed by atoms with Gasteiger partial charge in [-0.25, -0.2) is 4.79 Å². The first-order chi connectivity index (χ1) is 10.7. The number of hydrogen-bond donors (Lipinski definition) is 3. The molecule has 0 aliphatic heterocycles. The van der Waals surface area contributed by atoms with Gasteiger partial charge in [0.2, 0.25) is 11.8 Å². The minimum Gasteiger partial charge on any atom is -0.480 e. The number of hydrogen-bond acceptors (Lipinski definition) is 3. The van der Waals surface area contributed by atoms with Crippen LogP contribution in [0.2, 0.25) is 0 Å². The smallest absolute Gasteiger partial charge is 0.326 e. The van der Waals surface area contributed by atoms with Crippen LogP contribution in [0.25, 0.3) is 0 Å². The van der Waals surface area contributed by atoms with Crippen LogP contribution < -0.4 is 10.6 Å². The summed E-state index contributed by atoms with van der Waals surface area (Å²) in [4.78, 5) is 36.1. The van der Waals surface area contributed by atoms with Crippen molar-refractivity contribution in [1.82, 2.24) is 10.6 Å². The SMILES string of the molecule is CC(C)CNC(=O)C1CCCCC1C(=O)NC(C(=O)O)C(C)C. The Kier molecular flexibility index (Phi) is 7.52. The molecular weight excluding hydrogens is 296 g/mol. The highest BCUT2D eigenvalue weighted by Gasteiger charge is 2.37. The Morgan fingerprint density at radius 3 is 1.96 bits per heavy atom. The molecule has 2 amide bonds. The van der Waals surface area contributed by atoms with Crippen molar-refractivity contribution in [3.05, 3.63) is 0 Å². The zero-order valence-corrected chi connectivity index (χ0v) is 14.6. The summed E-state index contributed by atoms with van der Waals surface area (Å²) in [5.74, 6) is -2.07. The summed E-state index contributed by atoms with van der Waals surface area (Å²) in [5.41, 5.74) is 0. The molecule has 0 heterocycles. The molecule has 0 radical (unpaired) electrons. The van der Waals surface area contributed by atoms with E-state index in [2.05, 4.69) is 10.6 Å². The molecule has 0 spiro atoms. The van der Waals surface area contributed by atoms with Crippen molar-refractivity contribution in [2.24, 2.45) is 23.7 Å². The van der Waals surface area contributed by atoms with E-state index in [1.807, 2.05) is 13.8 Å². The molecule has 0 aromatic heterocycles. The van der Waals surface area contributed by atoms with Crippen molar-refractivity contribution >= 4 is 17.8 Å². The molecule has 132 valence electrons. The Bertz CT molecular complexity index is 434. The summed E-state index contributed by atoms with van der Waals surface area (Å²) in [7, 11) is 0. The van der Waals surface area contributed by atoms with Crippen LogP contribution in [-0.2, 0) is 14.4 Å². The highest BCUT2D eigenvalue weighted by molar-refractivity contribution is 5.90. The average molecular weight is 326 g/mol. The van der Waals surface area contributed by atoms with E-state index in [0.717, 1.165) is 12.8 Å². The standard InChI is InChI=1S/C17H30N2O4/c1-10(2)9-18-15(20)12-7-5-6-8-13(12)16(21)19-14(11(3)4)17(22)23/h10-14H,5-9H2,1-4H3,(H,18,20)(H,19,21)(H,22,23). The summed E-state index contributed by atoms with van der Waals surface area (Å²) in [6, 6.07) is -0.913. The first-order valence-electron chi connectivity index (χ1n) is 8.55. The fourth-order valence-electron chi connectivity index (χ4n) is 2.97. The molecule has 1 aliphatic carbocycles. The number of carbonyl (C=O) groups excluding carboxylic acids is 2. The van der Waals surface area contributed by atoms with Crippen LogP contribution in [0, 0.1) is 23.7 Å². The third-order valence-corrected chi connectivity index (χ3v) is 4.35. The van der Waals surface area contributed by atoms with Crippen LogP contribution in [0.1, 0.15) is 53.4 Å². The number of rotatable bonds is 7. The van der Waals surface area contributed by atoms with Crippen LogP contribution in [-0.4, -0.2) is 35.5 Å². The molecule has 0 aromatic rings. The van der Waals surface area contributed by atoms with E-state index >= 15 is 0 Å².